The fraction of sp³-hybridized carbons (Fsp3) is 0.0667. The molecule has 0 unspecified atom stereocenters. The van der Waals surface area contributed by atoms with Crippen molar-refractivity contribution in [3.63, 3.8) is 0 Å². The number of halogens is 2. The van der Waals surface area contributed by atoms with Crippen molar-refractivity contribution in [3.05, 3.63) is 70.0 Å². The molecule has 0 aliphatic heterocycles. The summed E-state index contributed by atoms with van der Waals surface area (Å²) in [5.74, 6) is 0.744. The molecule has 106 valence electrons. The summed E-state index contributed by atoms with van der Waals surface area (Å²) in [6.07, 6.45) is 0. The van der Waals surface area contributed by atoms with Crippen LogP contribution in [-0.4, -0.2) is 10.1 Å². The Bertz CT molecular complexity index is 738. The van der Waals surface area contributed by atoms with Gasteiger partial charge in [0.25, 0.3) is 0 Å². The Morgan fingerprint density at radius 2 is 1.67 bits per heavy atom. The molecule has 6 heteroatoms. The summed E-state index contributed by atoms with van der Waals surface area (Å²) in [5.41, 5.74) is 7.70. The maximum atomic E-state index is 6.12. The van der Waals surface area contributed by atoms with Gasteiger partial charge in [-0.15, -0.1) is 0 Å². The third kappa shape index (κ3) is 3.08. The minimum atomic E-state index is -0.470. The Morgan fingerprint density at radius 3 is 2.33 bits per heavy atom. The van der Waals surface area contributed by atoms with E-state index in [0.29, 0.717) is 27.3 Å². The molecule has 0 saturated heterocycles. The molecule has 2 aromatic carbocycles. The van der Waals surface area contributed by atoms with Crippen molar-refractivity contribution in [1.29, 1.82) is 0 Å². The summed E-state index contributed by atoms with van der Waals surface area (Å²) >= 11 is 11.9. The number of rotatable bonds is 3. The van der Waals surface area contributed by atoms with Gasteiger partial charge < -0.3 is 10.3 Å². The zero-order valence-electron chi connectivity index (χ0n) is 10.8. The van der Waals surface area contributed by atoms with Gasteiger partial charge in [-0.2, -0.15) is 4.98 Å². The van der Waals surface area contributed by atoms with E-state index < -0.39 is 6.04 Å². The first-order valence-electron chi connectivity index (χ1n) is 6.24. The molecule has 1 heterocycles. The topological polar surface area (TPSA) is 64.9 Å². The standard InChI is InChI=1S/C15H11Cl2N3O/c16-11-6-10(7-12(17)8-11)14-19-15(21-20-14)13(18)9-4-2-1-3-5-9/h1-8,13H,18H2/t13-/m0/s1. The summed E-state index contributed by atoms with van der Waals surface area (Å²) in [6.45, 7) is 0. The number of hydrogen-bond donors (Lipinski definition) is 1. The van der Waals surface area contributed by atoms with Crippen LogP contribution in [0.4, 0.5) is 0 Å². The molecule has 3 rings (SSSR count). The first-order valence-corrected chi connectivity index (χ1v) is 6.99. The lowest BCUT2D eigenvalue weighted by Gasteiger charge is -2.05. The monoisotopic (exact) mass is 319 g/mol. The Labute approximate surface area is 131 Å². The molecule has 1 aromatic heterocycles. The van der Waals surface area contributed by atoms with Gasteiger partial charge in [0.15, 0.2) is 0 Å². The van der Waals surface area contributed by atoms with Crippen molar-refractivity contribution in [2.45, 2.75) is 6.04 Å². The van der Waals surface area contributed by atoms with Gasteiger partial charge in [0.2, 0.25) is 11.7 Å². The average Bonchev–Trinajstić information content (AvgIpc) is 2.96. The summed E-state index contributed by atoms with van der Waals surface area (Å²) in [4.78, 5) is 4.32. The van der Waals surface area contributed by atoms with Crippen LogP contribution < -0.4 is 5.73 Å². The molecule has 0 aliphatic rings. The van der Waals surface area contributed by atoms with E-state index in [0.717, 1.165) is 5.56 Å². The number of hydrogen-bond acceptors (Lipinski definition) is 4. The van der Waals surface area contributed by atoms with Gasteiger partial charge in [-0.05, 0) is 23.8 Å². The lowest BCUT2D eigenvalue weighted by Crippen LogP contribution is -2.11. The second kappa shape index (κ2) is 5.85. The molecule has 0 aliphatic carbocycles. The molecule has 4 nitrogen and oxygen atoms in total. The minimum Gasteiger partial charge on any atom is -0.337 e. The van der Waals surface area contributed by atoms with E-state index in [1.54, 1.807) is 18.2 Å². The highest BCUT2D eigenvalue weighted by Crippen LogP contribution is 2.27. The van der Waals surface area contributed by atoms with Crippen LogP contribution in [0.3, 0.4) is 0 Å². The summed E-state index contributed by atoms with van der Waals surface area (Å²) in [5, 5.41) is 4.95. The molecule has 0 radical (unpaired) electrons. The number of nitrogens with zero attached hydrogens (tertiary/aromatic N) is 2. The molecule has 3 aromatic rings. The number of nitrogens with two attached hydrogens (primary N) is 1. The predicted molar refractivity (Wildman–Crippen MR) is 82.2 cm³/mol. The van der Waals surface area contributed by atoms with Gasteiger partial charge in [0.05, 0.1) is 0 Å². The molecule has 0 fully saturated rings. The van der Waals surface area contributed by atoms with E-state index in [4.69, 9.17) is 33.5 Å². The highest BCUT2D eigenvalue weighted by molar-refractivity contribution is 6.35. The van der Waals surface area contributed by atoms with Crippen molar-refractivity contribution >= 4 is 23.2 Å². The van der Waals surface area contributed by atoms with Gasteiger partial charge in [0, 0.05) is 15.6 Å². The smallest absolute Gasteiger partial charge is 0.248 e. The average molecular weight is 320 g/mol. The van der Waals surface area contributed by atoms with Crippen LogP contribution in [0.15, 0.2) is 53.1 Å². The quantitative estimate of drug-likeness (QED) is 0.789. The number of benzene rings is 2. The molecule has 0 amide bonds. The lowest BCUT2D eigenvalue weighted by atomic mass is 10.1. The van der Waals surface area contributed by atoms with Gasteiger partial charge in [-0.25, -0.2) is 0 Å². The van der Waals surface area contributed by atoms with Gasteiger partial charge in [-0.1, -0.05) is 58.7 Å². The zero-order valence-corrected chi connectivity index (χ0v) is 12.3. The van der Waals surface area contributed by atoms with Gasteiger partial charge in [0.1, 0.15) is 6.04 Å². The Balaban J connectivity index is 1.93. The molecule has 21 heavy (non-hydrogen) atoms. The van der Waals surface area contributed by atoms with Crippen molar-refractivity contribution in [2.75, 3.05) is 0 Å². The fourth-order valence-corrected chi connectivity index (χ4v) is 2.49. The predicted octanol–water partition coefficient (Wildman–Crippen LogP) is 4.09. The summed E-state index contributed by atoms with van der Waals surface area (Å²) in [6, 6.07) is 14.2. The summed E-state index contributed by atoms with van der Waals surface area (Å²) < 4.78 is 5.24. The second-order valence-electron chi connectivity index (χ2n) is 4.50. The minimum absolute atomic E-state index is 0.340. The summed E-state index contributed by atoms with van der Waals surface area (Å²) in [7, 11) is 0. The van der Waals surface area contributed by atoms with Gasteiger partial charge in [-0.3, -0.25) is 0 Å². The van der Waals surface area contributed by atoms with E-state index in [9.17, 15) is 0 Å². The highest BCUT2D eigenvalue weighted by Gasteiger charge is 2.17. The van der Waals surface area contributed by atoms with Crippen molar-refractivity contribution in [2.24, 2.45) is 5.73 Å². The molecule has 0 bridgehead atoms. The highest BCUT2D eigenvalue weighted by atomic mass is 35.5. The zero-order chi connectivity index (χ0) is 14.8. The van der Waals surface area contributed by atoms with E-state index in [1.165, 1.54) is 0 Å². The van der Waals surface area contributed by atoms with Crippen LogP contribution in [0, 0.1) is 0 Å². The third-order valence-electron chi connectivity index (χ3n) is 2.99. The van der Waals surface area contributed by atoms with Crippen molar-refractivity contribution in [1.82, 2.24) is 10.1 Å². The van der Waals surface area contributed by atoms with Crippen LogP contribution >= 0.6 is 23.2 Å². The van der Waals surface area contributed by atoms with Gasteiger partial charge >= 0.3 is 0 Å². The molecule has 0 spiro atoms. The Hall–Kier alpha value is -1.88. The Kier molecular flexibility index (Phi) is 3.92. The maximum Gasteiger partial charge on any atom is 0.248 e. The van der Waals surface area contributed by atoms with Crippen LogP contribution in [0.5, 0.6) is 0 Å². The first-order chi connectivity index (χ1) is 10.1. The molecule has 0 saturated carbocycles. The first kappa shape index (κ1) is 14.1. The fourth-order valence-electron chi connectivity index (χ4n) is 1.96. The van der Waals surface area contributed by atoms with E-state index >= 15 is 0 Å². The van der Waals surface area contributed by atoms with Crippen LogP contribution in [0.2, 0.25) is 10.0 Å². The Morgan fingerprint density at radius 1 is 1.00 bits per heavy atom. The number of aromatic nitrogens is 2. The van der Waals surface area contributed by atoms with E-state index in [2.05, 4.69) is 10.1 Å². The van der Waals surface area contributed by atoms with Crippen LogP contribution in [0.25, 0.3) is 11.4 Å². The molecule has 2 N–H and O–H groups in total. The van der Waals surface area contributed by atoms with E-state index in [1.807, 2.05) is 30.3 Å². The normalized spacial score (nSPS) is 12.3. The van der Waals surface area contributed by atoms with Crippen LogP contribution in [0.1, 0.15) is 17.5 Å². The maximum absolute atomic E-state index is 6.12. The van der Waals surface area contributed by atoms with E-state index in [-0.39, 0.29) is 0 Å². The SMILES string of the molecule is N[C@@H](c1ccccc1)c1nc(-c2cc(Cl)cc(Cl)c2)no1. The third-order valence-corrected chi connectivity index (χ3v) is 3.42. The lowest BCUT2D eigenvalue weighted by molar-refractivity contribution is 0.367. The largest absolute Gasteiger partial charge is 0.337 e. The van der Waals surface area contributed by atoms with Crippen LogP contribution in [-0.2, 0) is 0 Å². The molecular weight excluding hydrogens is 309 g/mol. The second-order valence-corrected chi connectivity index (χ2v) is 5.38. The van der Waals surface area contributed by atoms with Crippen molar-refractivity contribution in [3.8, 4) is 11.4 Å². The van der Waals surface area contributed by atoms with Crippen molar-refractivity contribution < 1.29 is 4.52 Å². The molecular formula is C15H11Cl2N3O. The molecule has 1 atom stereocenters.